The molecule has 0 aliphatic carbocycles. The van der Waals surface area contributed by atoms with Gasteiger partial charge in [0.15, 0.2) is 5.82 Å². The summed E-state index contributed by atoms with van der Waals surface area (Å²) < 4.78 is 29.0. The van der Waals surface area contributed by atoms with Crippen LogP contribution < -0.4 is 5.32 Å². The van der Waals surface area contributed by atoms with Crippen LogP contribution in [0.1, 0.15) is 38.2 Å². The number of aryl methyl sites for hydroxylation is 1. The molecule has 1 atom stereocenters. The van der Waals surface area contributed by atoms with Crippen LogP contribution in [0.25, 0.3) is 5.69 Å². The van der Waals surface area contributed by atoms with Crippen LogP contribution in [-0.2, 0) is 0 Å². The molecule has 7 heteroatoms. The molecule has 1 unspecified atom stereocenters. The van der Waals surface area contributed by atoms with Crippen molar-refractivity contribution >= 4 is 0 Å². The summed E-state index contributed by atoms with van der Waals surface area (Å²) in [5.74, 6) is -0.141. The standard InChI is InChI=1S/C14H19F2N5/c1-8(2)7-17-10(4)14-18-19-20-21(14)13-6-11(15)9(3)5-12(13)16/h5-6,8,10,17H,7H2,1-4H3. The van der Waals surface area contributed by atoms with Crippen molar-refractivity contribution in [1.29, 1.82) is 0 Å². The number of hydrogen-bond acceptors (Lipinski definition) is 4. The van der Waals surface area contributed by atoms with Gasteiger partial charge in [0.2, 0.25) is 0 Å². The lowest BCUT2D eigenvalue weighted by atomic mass is 10.2. The Hall–Kier alpha value is -1.89. The summed E-state index contributed by atoms with van der Waals surface area (Å²) in [6.07, 6.45) is 0. The molecule has 114 valence electrons. The second-order valence-corrected chi connectivity index (χ2v) is 5.53. The Labute approximate surface area is 122 Å². The summed E-state index contributed by atoms with van der Waals surface area (Å²) in [5.41, 5.74) is 0.258. The summed E-state index contributed by atoms with van der Waals surface area (Å²) in [5, 5.41) is 14.5. The van der Waals surface area contributed by atoms with Gasteiger partial charge in [0.05, 0.1) is 6.04 Å². The fourth-order valence-corrected chi connectivity index (χ4v) is 1.94. The van der Waals surface area contributed by atoms with E-state index in [9.17, 15) is 8.78 Å². The molecule has 0 amide bonds. The highest BCUT2D eigenvalue weighted by molar-refractivity contribution is 5.37. The van der Waals surface area contributed by atoms with Gasteiger partial charge >= 0.3 is 0 Å². The molecule has 0 saturated carbocycles. The molecule has 2 aromatic rings. The van der Waals surface area contributed by atoms with E-state index in [0.717, 1.165) is 18.7 Å². The Bertz CT molecular complexity index is 624. The highest BCUT2D eigenvalue weighted by Gasteiger charge is 2.19. The van der Waals surface area contributed by atoms with Crippen molar-refractivity contribution in [2.24, 2.45) is 5.92 Å². The van der Waals surface area contributed by atoms with Crippen molar-refractivity contribution in [2.45, 2.75) is 33.7 Å². The quantitative estimate of drug-likeness (QED) is 0.921. The summed E-state index contributed by atoms with van der Waals surface area (Å²) in [4.78, 5) is 0. The van der Waals surface area contributed by atoms with Gasteiger partial charge in [0.25, 0.3) is 0 Å². The van der Waals surface area contributed by atoms with E-state index in [0.29, 0.717) is 11.7 Å². The van der Waals surface area contributed by atoms with E-state index in [1.165, 1.54) is 11.6 Å². The number of tetrazole rings is 1. The average molecular weight is 295 g/mol. The number of aromatic nitrogens is 4. The zero-order valence-electron chi connectivity index (χ0n) is 12.6. The van der Waals surface area contributed by atoms with E-state index < -0.39 is 11.6 Å². The van der Waals surface area contributed by atoms with Crippen molar-refractivity contribution in [3.05, 3.63) is 35.2 Å². The lowest BCUT2D eigenvalue weighted by Crippen LogP contribution is -2.26. The first-order valence-corrected chi connectivity index (χ1v) is 6.87. The van der Waals surface area contributed by atoms with Gasteiger partial charge in [-0.15, -0.1) is 5.10 Å². The van der Waals surface area contributed by atoms with Crippen molar-refractivity contribution in [2.75, 3.05) is 6.54 Å². The number of halogens is 2. The summed E-state index contributed by atoms with van der Waals surface area (Å²) in [7, 11) is 0. The predicted molar refractivity (Wildman–Crippen MR) is 75.1 cm³/mol. The monoisotopic (exact) mass is 295 g/mol. The Kier molecular flexibility index (Phi) is 4.62. The van der Waals surface area contributed by atoms with Gasteiger partial charge in [-0.3, -0.25) is 0 Å². The van der Waals surface area contributed by atoms with Crippen LogP contribution in [-0.4, -0.2) is 26.8 Å². The minimum Gasteiger partial charge on any atom is -0.307 e. The zero-order chi connectivity index (χ0) is 15.6. The smallest absolute Gasteiger partial charge is 0.173 e. The van der Waals surface area contributed by atoms with Crippen LogP contribution in [0.4, 0.5) is 8.78 Å². The zero-order valence-corrected chi connectivity index (χ0v) is 12.6. The Morgan fingerprint density at radius 1 is 1.19 bits per heavy atom. The highest BCUT2D eigenvalue weighted by Crippen LogP contribution is 2.20. The summed E-state index contributed by atoms with van der Waals surface area (Å²) in [6, 6.07) is 2.08. The van der Waals surface area contributed by atoms with E-state index in [4.69, 9.17) is 0 Å². The molecule has 1 aromatic heterocycles. The number of rotatable bonds is 5. The van der Waals surface area contributed by atoms with Gasteiger partial charge in [-0.25, -0.2) is 8.78 Å². The first kappa shape index (κ1) is 15.5. The maximum Gasteiger partial charge on any atom is 0.173 e. The third-order valence-electron chi connectivity index (χ3n) is 3.17. The van der Waals surface area contributed by atoms with E-state index in [-0.39, 0.29) is 17.3 Å². The molecule has 0 radical (unpaired) electrons. The van der Waals surface area contributed by atoms with E-state index in [1.54, 1.807) is 0 Å². The summed E-state index contributed by atoms with van der Waals surface area (Å²) in [6.45, 7) is 8.33. The maximum atomic E-state index is 14.0. The van der Waals surface area contributed by atoms with Crippen LogP contribution in [0, 0.1) is 24.5 Å². The molecule has 0 bridgehead atoms. The van der Waals surface area contributed by atoms with Gasteiger partial charge in [-0.1, -0.05) is 13.8 Å². The van der Waals surface area contributed by atoms with Crippen LogP contribution >= 0.6 is 0 Å². The highest BCUT2D eigenvalue weighted by atomic mass is 19.1. The Morgan fingerprint density at radius 3 is 2.57 bits per heavy atom. The van der Waals surface area contributed by atoms with Crippen LogP contribution in [0.5, 0.6) is 0 Å². The molecule has 0 spiro atoms. The second-order valence-electron chi connectivity index (χ2n) is 5.53. The van der Waals surface area contributed by atoms with Crippen molar-refractivity contribution < 1.29 is 8.78 Å². The topological polar surface area (TPSA) is 55.6 Å². The predicted octanol–water partition coefficient (Wildman–Crippen LogP) is 2.56. The van der Waals surface area contributed by atoms with Gasteiger partial charge in [0.1, 0.15) is 17.3 Å². The van der Waals surface area contributed by atoms with E-state index >= 15 is 0 Å². The van der Waals surface area contributed by atoms with E-state index in [1.807, 2.05) is 6.92 Å². The largest absolute Gasteiger partial charge is 0.307 e. The third kappa shape index (κ3) is 3.41. The van der Waals surface area contributed by atoms with Gasteiger partial charge in [-0.2, -0.15) is 4.68 Å². The molecular formula is C14H19F2N5. The molecule has 21 heavy (non-hydrogen) atoms. The molecule has 0 fully saturated rings. The number of nitrogens with one attached hydrogen (secondary N) is 1. The molecular weight excluding hydrogens is 276 g/mol. The van der Waals surface area contributed by atoms with E-state index in [2.05, 4.69) is 34.7 Å². The SMILES string of the molecule is Cc1cc(F)c(-n2nnnc2C(C)NCC(C)C)cc1F. The van der Waals surface area contributed by atoms with Crippen molar-refractivity contribution in [1.82, 2.24) is 25.5 Å². The van der Waals surface area contributed by atoms with Gasteiger partial charge in [0, 0.05) is 6.07 Å². The van der Waals surface area contributed by atoms with Crippen LogP contribution in [0.15, 0.2) is 12.1 Å². The second kappa shape index (κ2) is 6.26. The lowest BCUT2D eigenvalue weighted by Gasteiger charge is -2.15. The third-order valence-corrected chi connectivity index (χ3v) is 3.17. The fourth-order valence-electron chi connectivity index (χ4n) is 1.94. The number of benzene rings is 1. The first-order valence-electron chi connectivity index (χ1n) is 6.87. The maximum absolute atomic E-state index is 14.0. The molecule has 0 saturated heterocycles. The number of hydrogen-bond donors (Lipinski definition) is 1. The Balaban J connectivity index is 2.34. The Morgan fingerprint density at radius 2 is 1.90 bits per heavy atom. The van der Waals surface area contributed by atoms with Crippen molar-refractivity contribution in [3.8, 4) is 5.69 Å². The normalized spacial score (nSPS) is 12.9. The summed E-state index contributed by atoms with van der Waals surface area (Å²) >= 11 is 0. The first-order chi connectivity index (χ1) is 9.90. The molecule has 5 nitrogen and oxygen atoms in total. The fraction of sp³-hybridized carbons (Fsp3) is 0.500. The molecule has 1 N–H and O–H groups in total. The minimum absolute atomic E-state index is 0.0105. The van der Waals surface area contributed by atoms with Gasteiger partial charge < -0.3 is 5.32 Å². The average Bonchev–Trinajstić information content (AvgIpc) is 2.89. The molecule has 0 aliphatic heterocycles. The molecule has 0 aliphatic rings. The van der Waals surface area contributed by atoms with Crippen LogP contribution in [0.2, 0.25) is 0 Å². The molecule has 1 heterocycles. The van der Waals surface area contributed by atoms with Crippen LogP contribution in [0.3, 0.4) is 0 Å². The van der Waals surface area contributed by atoms with Crippen molar-refractivity contribution in [3.63, 3.8) is 0 Å². The molecule has 1 aromatic carbocycles. The number of nitrogens with zero attached hydrogens (tertiary/aromatic N) is 4. The minimum atomic E-state index is -0.557. The van der Waals surface area contributed by atoms with Gasteiger partial charge in [-0.05, 0) is 48.4 Å². The lowest BCUT2D eigenvalue weighted by molar-refractivity contribution is 0.472. The molecule has 2 rings (SSSR count).